The predicted octanol–water partition coefficient (Wildman–Crippen LogP) is 6.01. The fourth-order valence-electron chi connectivity index (χ4n) is 4.26. The summed E-state index contributed by atoms with van der Waals surface area (Å²) in [5, 5.41) is 0.532. The minimum atomic E-state index is -0.393. The molecule has 31 heavy (non-hydrogen) atoms. The summed E-state index contributed by atoms with van der Waals surface area (Å²) >= 11 is 6.32. The summed E-state index contributed by atoms with van der Waals surface area (Å²) in [6.07, 6.45) is 0.536. The van der Waals surface area contributed by atoms with Crippen molar-refractivity contribution in [1.29, 1.82) is 0 Å². The molecule has 2 amide bonds. The number of hydrogen-bond acceptors (Lipinski definition) is 2. The lowest BCUT2D eigenvalue weighted by Gasteiger charge is -2.43. The van der Waals surface area contributed by atoms with E-state index in [4.69, 9.17) is 11.6 Å². The van der Waals surface area contributed by atoms with Crippen molar-refractivity contribution in [3.05, 3.63) is 94.8 Å². The van der Waals surface area contributed by atoms with Crippen molar-refractivity contribution in [3.8, 4) is 0 Å². The number of benzene rings is 3. The molecule has 2 atom stereocenters. The van der Waals surface area contributed by atoms with Gasteiger partial charge in [0.05, 0.1) is 6.04 Å². The van der Waals surface area contributed by atoms with E-state index in [1.54, 1.807) is 15.9 Å². The summed E-state index contributed by atoms with van der Waals surface area (Å²) in [6.45, 7) is 3.49. The number of hydrogen-bond donors (Lipinski definition) is 0. The summed E-state index contributed by atoms with van der Waals surface area (Å²) in [6, 6.07) is 19.9. The maximum atomic E-state index is 13.4. The molecular weight excluding hydrogens is 415 g/mol. The number of amides is 2. The average molecular weight is 437 g/mol. The van der Waals surface area contributed by atoms with Crippen LogP contribution in [0.3, 0.4) is 0 Å². The highest BCUT2D eigenvalue weighted by atomic mass is 35.5. The number of halogens is 2. The van der Waals surface area contributed by atoms with Gasteiger partial charge >= 0.3 is 0 Å². The van der Waals surface area contributed by atoms with Crippen molar-refractivity contribution in [2.75, 3.05) is 9.80 Å². The van der Waals surface area contributed by atoms with Crippen LogP contribution in [0.25, 0.3) is 0 Å². The van der Waals surface area contributed by atoms with Crippen LogP contribution in [0, 0.1) is 5.82 Å². The Balaban J connectivity index is 1.81. The highest BCUT2D eigenvalue weighted by molar-refractivity contribution is 6.30. The molecule has 1 heterocycles. The maximum absolute atomic E-state index is 13.4. The fraction of sp³-hybridized carbons (Fsp3) is 0.200. The molecular formula is C25H22ClFN2O2. The summed E-state index contributed by atoms with van der Waals surface area (Å²) in [4.78, 5) is 29.5. The first-order valence-corrected chi connectivity index (χ1v) is 10.5. The van der Waals surface area contributed by atoms with Gasteiger partial charge < -0.3 is 9.80 Å². The fourth-order valence-corrected chi connectivity index (χ4v) is 4.44. The van der Waals surface area contributed by atoms with Crippen LogP contribution in [0.4, 0.5) is 15.8 Å². The number of carbonyl (C=O) groups excluding carboxylic acids is 2. The van der Waals surface area contributed by atoms with Gasteiger partial charge in [0.15, 0.2) is 0 Å². The van der Waals surface area contributed by atoms with Gasteiger partial charge in [-0.15, -0.1) is 0 Å². The molecule has 158 valence electrons. The van der Waals surface area contributed by atoms with Crippen LogP contribution in [-0.4, -0.2) is 17.9 Å². The van der Waals surface area contributed by atoms with E-state index in [1.165, 1.54) is 31.2 Å². The van der Waals surface area contributed by atoms with Crippen molar-refractivity contribution in [2.45, 2.75) is 32.4 Å². The van der Waals surface area contributed by atoms with Gasteiger partial charge in [-0.2, -0.15) is 0 Å². The lowest BCUT2D eigenvalue weighted by molar-refractivity contribution is -0.117. The van der Waals surface area contributed by atoms with Gasteiger partial charge in [0.2, 0.25) is 5.91 Å². The van der Waals surface area contributed by atoms with Gasteiger partial charge in [0.25, 0.3) is 5.91 Å². The van der Waals surface area contributed by atoms with E-state index in [9.17, 15) is 14.0 Å². The number of carbonyl (C=O) groups is 2. The van der Waals surface area contributed by atoms with Crippen LogP contribution in [0.2, 0.25) is 5.02 Å². The molecule has 4 nitrogen and oxygen atoms in total. The van der Waals surface area contributed by atoms with E-state index in [0.717, 1.165) is 11.3 Å². The normalized spacial score (nSPS) is 17.7. The lowest BCUT2D eigenvalue weighted by Crippen LogP contribution is -2.47. The molecule has 3 aromatic carbocycles. The van der Waals surface area contributed by atoms with Crippen LogP contribution in [-0.2, 0) is 4.79 Å². The zero-order valence-electron chi connectivity index (χ0n) is 17.3. The van der Waals surface area contributed by atoms with Crippen molar-refractivity contribution in [3.63, 3.8) is 0 Å². The number of fused-ring (bicyclic) bond motifs is 1. The Bertz CT molecular complexity index is 1120. The Hall–Kier alpha value is -3.18. The van der Waals surface area contributed by atoms with E-state index in [2.05, 4.69) is 0 Å². The van der Waals surface area contributed by atoms with Crippen molar-refractivity contribution in [2.24, 2.45) is 0 Å². The molecule has 0 spiro atoms. The minimum absolute atomic E-state index is 0.0902. The third-order valence-electron chi connectivity index (χ3n) is 5.61. The monoisotopic (exact) mass is 436 g/mol. The number of para-hydroxylation sites is 1. The zero-order chi connectivity index (χ0) is 22.1. The van der Waals surface area contributed by atoms with E-state index in [0.29, 0.717) is 22.7 Å². The van der Waals surface area contributed by atoms with Crippen molar-refractivity contribution >= 4 is 34.8 Å². The third-order valence-corrected chi connectivity index (χ3v) is 5.84. The molecule has 0 radical (unpaired) electrons. The lowest BCUT2D eigenvalue weighted by atomic mass is 9.89. The van der Waals surface area contributed by atoms with Crippen LogP contribution < -0.4 is 9.80 Å². The maximum Gasteiger partial charge on any atom is 0.258 e. The summed E-state index contributed by atoms with van der Waals surface area (Å²) in [5.74, 6) is -0.702. The average Bonchev–Trinajstić information content (AvgIpc) is 2.75. The molecule has 0 bridgehead atoms. The van der Waals surface area contributed by atoms with Crippen molar-refractivity contribution in [1.82, 2.24) is 0 Å². The van der Waals surface area contributed by atoms with Crippen LogP contribution in [0.15, 0.2) is 72.8 Å². The van der Waals surface area contributed by atoms with Gasteiger partial charge in [-0.3, -0.25) is 9.59 Å². The topological polar surface area (TPSA) is 40.6 Å². The second-order valence-electron chi connectivity index (χ2n) is 7.71. The molecule has 6 heteroatoms. The van der Waals surface area contributed by atoms with Gasteiger partial charge in [-0.1, -0.05) is 29.8 Å². The Morgan fingerprint density at radius 3 is 2.35 bits per heavy atom. The largest absolute Gasteiger partial charge is 0.305 e. The third kappa shape index (κ3) is 4.06. The quantitative estimate of drug-likeness (QED) is 0.504. The first-order valence-electron chi connectivity index (χ1n) is 10.1. The van der Waals surface area contributed by atoms with Crippen LogP contribution in [0.5, 0.6) is 0 Å². The Labute approximate surface area is 185 Å². The molecule has 0 saturated carbocycles. The van der Waals surface area contributed by atoms with Crippen LogP contribution in [0.1, 0.15) is 42.2 Å². The van der Waals surface area contributed by atoms with E-state index < -0.39 is 5.82 Å². The molecule has 0 aliphatic carbocycles. The predicted molar refractivity (Wildman–Crippen MR) is 121 cm³/mol. The molecule has 1 aliphatic rings. The zero-order valence-corrected chi connectivity index (χ0v) is 18.0. The Kier molecular flexibility index (Phi) is 5.79. The van der Waals surface area contributed by atoms with Gasteiger partial charge in [-0.05, 0) is 67.9 Å². The van der Waals surface area contributed by atoms with Gasteiger partial charge in [-0.25, -0.2) is 4.39 Å². The Morgan fingerprint density at radius 1 is 1.03 bits per heavy atom. The van der Waals surface area contributed by atoms with Crippen LogP contribution >= 0.6 is 11.6 Å². The highest BCUT2D eigenvalue weighted by Crippen LogP contribution is 2.43. The Morgan fingerprint density at radius 2 is 1.71 bits per heavy atom. The van der Waals surface area contributed by atoms with Gasteiger partial charge in [0.1, 0.15) is 5.82 Å². The molecule has 2 unspecified atom stereocenters. The second kappa shape index (κ2) is 8.52. The van der Waals surface area contributed by atoms with Crippen molar-refractivity contribution < 1.29 is 14.0 Å². The SMILES string of the molecule is CC(=O)N(c1ccccc1)C1CC(C)N(C(=O)c2ccc(F)cc2)c2ccc(Cl)cc21. The molecule has 1 aliphatic heterocycles. The first kappa shape index (κ1) is 21.1. The van der Waals surface area contributed by atoms with E-state index >= 15 is 0 Å². The van der Waals surface area contributed by atoms with Gasteiger partial charge in [0, 0.05) is 40.5 Å². The summed E-state index contributed by atoms with van der Waals surface area (Å²) < 4.78 is 13.4. The molecule has 0 aromatic heterocycles. The minimum Gasteiger partial charge on any atom is -0.305 e. The molecule has 0 saturated heterocycles. The first-order chi connectivity index (χ1) is 14.9. The smallest absolute Gasteiger partial charge is 0.258 e. The molecule has 4 rings (SSSR count). The second-order valence-corrected chi connectivity index (χ2v) is 8.15. The number of nitrogens with zero attached hydrogens (tertiary/aromatic N) is 2. The molecule has 3 aromatic rings. The summed E-state index contributed by atoms with van der Waals surface area (Å²) in [5.41, 5.74) is 2.69. The number of rotatable bonds is 3. The van der Waals surface area contributed by atoms with E-state index in [-0.39, 0.29) is 23.9 Å². The van der Waals surface area contributed by atoms with E-state index in [1.807, 2.05) is 49.4 Å². The summed E-state index contributed by atoms with van der Waals surface area (Å²) in [7, 11) is 0. The molecule has 0 N–H and O–H groups in total. The standard InChI is InChI=1S/C25H22ClFN2O2/c1-16-14-24(29(17(2)30)21-6-4-3-5-7-21)22-15-19(26)10-13-23(22)28(16)25(31)18-8-11-20(27)12-9-18/h3-13,15-16,24H,14H2,1-2H3. The molecule has 0 fully saturated rings. The highest BCUT2D eigenvalue weighted by Gasteiger charge is 2.38. The number of anilines is 2.